The van der Waals surface area contributed by atoms with Crippen LogP contribution in [0.1, 0.15) is 35.1 Å². The van der Waals surface area contributed by atoms with Crippen LogP contribution in [-0.2, 0) is 0 Å². The zero-order valence-corrected chi connectivity index (χ0v) is 12.1. The van der Waals surface area contributed by atoms with E-state index in [0.717, 1.165) is 33.0 Å². The molecule has 0 spiro atoms. The van der Waals surface area contributed by atoms with Gasteiger partial charge in [-0.25, -0.2) is 9.97 Å². The second kappa shape index (κ2) is 5.91. The van der Waals surface area contributed by atoms with Crippen LogP contribution in [0.25, 0.3) is 0 Å². The molecule has 2 aromatic rings. The third-order valence-corrected chi connectivity index (χ3v) is 4.43. The lowest BCUT2D eigenvalue weighted by atomic mass is 10.3. The first-order valence-electron chi connectivity index (χ1n) is 5.47. The molecule has 1 unspecified atom stereocenters. The van der Waals surface area contributed by atoms with Crippen molar-refractivity contribution in [2.45, 2.75) is 26.3 Å². The van der Waals surface area contributed by atoms with E-state index in [4.69, 9.17) is 11.6 Å². The first kappa shape index (κ1) is 13.0. The topological polar surface area (TPSA) is 37.8 Å². The number of aromatic nitrogens is 2. The van der Waals surface area contributed by atoms with Gasteiger partial charge in [0, 0.05) is 11.1 Å². The first-order chi connectivity index (χ1) is 8.20. The summed E-state index contributed by atoms with van der Waals surface area (Å²) < 4.78 is 0.719. The van der Waals surface area contributed by atoms with Gasteiger partial charge < -0.3 is 5.32 Å². The third-order valence-electron chi connectivity index (χ3n) is 2.22. The molecule has 0 saturated heterocycles. The molecule has 0 aromatic carbocycles. The van der Waals surface area contributed by atoms with Gasteiger partial charge in [0.1, 0.15) is 20.4 Å². The summed E-state index contributed by atoms with van der Waals surface area (Å²) in [6, 6.07) is 0.0751. The van der Waals surface area contributed by atoms with Crippen LogP contribution in [0.5, 0.6) is 0 Å². The van der Waals surface area contributed by atoms with Crippen molar-refractivity contribution in [2.24, 2.45) is 0 Å². The molecule has 0 aliphatic carbocycles. The monoisotopic (exact) mass is 287 g/mol. The smallest absolute Gasteiger partial charge is 0.118 e. The van der Waals surface area contributed by atoms with Crippen LogP contribution in [0.15, 0.2) is 11.6 Å². The second-order valence-corrected chi connectivity index (χ2v) is 6.30. The highest BCUT2D eigenvalue weighted by atomic mass is 35.5. The average molecular weight is 288 g/mol. The Hall–Kier alpha value is -0.490. The number of hydrogen-bond donors (Lipinski definition) is 1. The molecule has 0 bridgehead atoms. The van der Waals surface area contributed by atoms with E-state index in [1.165, 1.54) is 11.3 Å². The van der Waals surface area contributed by atoms with Gasteiger partial charge in [0.05, 0.1) is 6.20 Å². The van der Waals surface area contributed by atoms with Gasteiger partial charge >= 0.3 is 0 Å². The minimum absolute atomic E-state index is 0.0751. The summed E-state index contributed by atoms with van der Waals surface area (Å²) in [6.45, 7) is 5.10. The molecule has 0 radical (unpaired) electrons. The van der Waals surface area contributed by atoms with Gasteiger partial charge in [-0.05, 0) is 19.9 Å². The zero-order chi connectivity index (χ0) is 12.3. The van der Waals surface area contributed by atoms with Crippen molar-refractivity contribution in [1.82, 2.24) is 15.3 Å². The minimum Gasteiger partial charge on any atom is -0.302 e. The Morgan fingerprint density at radius 2 is 2.29 bits per heavy atom. The quantitative estimate of drug-likeness (QED) is 0.912. The van der Waals surface area contributed by atoms with Gasteiger partial charge in [0.25, 0.3) is 0 Å². The number of halogens is 1. The summed E-state index contributed by atoms with van der Waals surface area (Å²) in [5.41, 5.74) is 1.05. The largest absolute Gasteiger partial charge is 0.302 e. The second-order valence-electron chi connectivity index (χ2n) is 3.72. The maximum Gasteiger partial charge on any atom is 0.118 e. The summed E-state index contributed by atoms with van der Waals surface area (Å²) >= 11 is 9.11. The van der Waals surface area contributed by atoms with Crippen LogP contribution in [0.2, 0.25) is 4.34 Å². The van der Waals surface area contributed by atoms with Gasteiger partial charge in [-0.2, -0.15) is 0 Å². The third kappa shape index (κ3) is 3.25. The molecule has 0 aliphatic rings. The van der Waals surface area contributed by atoms with E-state index in [9.17, 15) is 0 Å². The molecule has 2 aromatic heterocycles. The zero-order valence-electron chi connectivity index (χ0n) is 9.74. The van der Waals surface area contributed by atoms with Crippen molar-refractivity contribution in [3.8, 4) is 0 Å². The first-order valence-corrected chi connectivity index (χ1v) is 7.54. The van der Waals surface area contributed by atoms with E-state index in [2.05, 4.69) is 27.6 Å². The fourth-order valence-corrected chi connectivity index (χ4v) is 3.43. The SMILES string of the molecule is CCCNC(c1nc(C)cs1)c1ncc(Cl)s1. The molecular weight excluding hydrogens is 274 g/mol. The predicted molar refractivity (Wildman–Crippen MR) is 74.1 cm³/mol. The molecule has 1 N–H and O–H groups in total. The number of thiazole rings is 2. The summed E-state index contributed by atoms with van der Waals surface area (Å²) in [7, 11) is 0. The van der Waals surface area contributed by atoms with E-state index in [0.29, 0.717) is 0 Å². The molecule has 92 valence electrons. The van der Waals surface area contributed by atoms with Gasteiger partial charge in [-0.3, -0.25) is 0 Å². The number of hydrogen-bond acceptors (Lipinski definition) is 5. The number of aryl methyl sites for hydroxylation is 1. The van der Waals surface area contributed by atoms with Crippen LogP contribution >= 0.6 is 34.3 Å². The highest BCUT2D eigenvalue weighted by Crippen LogP contribution is 2.30. The van der Waals surface area contributed by atoms with Crippen molar-refractivity contribution < 1.29 is 0 Å². The average Bonchev–Trinajstić information content (AvgIpc) is 2.89. The molecular formula is C11H14ClN3S2. The molecule has 2 rings (SSSR count). The molecule has 17 heavy (non-hydrogen) atoms. The van der Waals surface area contributed by atoms with Crippen LogP contribution < -0.4 is 5.32 Å². The Morgan fingerprint density at radius 1 is 1.47 bits per heavy atom. The Balaban J connectivity index is 2.24. The summed E-state index contributed by atoms with van der Waals surface area (Å²) in [5.74, 6) is 0. The van der Waals surface area contributed by atoms with Crippen LogP contribution in [0.3, 0.4) is 0 Å². The van der Waals surface area contributed by atoms with Crippen LogP contribution in [0, 0.1) is 6.92 Å². The molecule has 0 aliphatic heterocycles. The van der Waals surface area contributed by atoms with E-state index in [1.54, 1.807) is 17.5 Å². The molecule has 3 nitrogen and oxygen atoms in total. The molecule has 0 amide bonds. The molecule has 1 atom stereocenters. The highest BCUT2D eigenvalue weighted by molar-refractivity contribution is 7.16. The maximum absolute atomic E-state index is 5.94. The van der Waals surface area contributed by atoms with Crippen LogP contribution in [0.4, 0.5) is 0 Å². The van der Waals surface area contributed by atoms with E-state index in [1.807, 2.05) is 6.92 Å². The summed E-state index contributed by atoms with van der Waals surface area (Å²) in [5, 5.41) is 7.57. The van der Waals surface area contributed by atoms with Crippen molar-refractivity contribution >= 4 is 34.3 Å². The number of nitrogens with one attached hydrogen (secondary N) is 1. The van der Waals surface area contributed by atoms with Gasteiger partial charge in [0.2, 0.25) is 0 Å². The van der Waals surface area contributed by atoms with Crippen LogP contribution in [-0.4, -0.2) is 16.5 Å². The van der Waals surface area contributed by atoms with Gasteiger partial charge in [-0.1, -0.05) is 18.5 Å². The Kier molecular flexibility index (Phi) is 4.50. The lowest BCUT2D eigenvalue weighted by Crippen LogP contribution is -2.22. The fourth-order valence-electron chi connectivity index (χ4n) is 1.47. The molecule has 0 fully saturated rings. The van der Waals surface area contributed by atoms with Crippen molar-refractivity contribution in [1.29, 1.82) is 0 Å². The lowest BCUT2D eigenvalue weighted by Gasteiger charge is -2.12. The van der Waals surface area contributed by atoms with Gasteiger partial charge in [0.15, 0.2) is 0 Å². The molecule has 0 saturated carbocycles. The van der Waals surface area contributed by atoms with E-state index >= 15 is 0 Å². The Morgan fingerprint density at radius 3 is 2.82 bits per heavy atom. The van der Waals surface area contributed by atoms with Crippen molar-refractivity contribution in [3.05, 3.63) is 31.6 Å². The van der Waals surface area contributed by atoms with E-state index in [-0.39, 0.29) is 6.04 Å². The predicted octanol–water partition coefficient (Wildman–Crippen LogP) is 3.65. The fraction of sp³-hybridized carbons (Fsp3) is 0.455. The number of nitrogens with zero attached hydrogens (tertiary/aromatic N) is 2. The number of rotatable bonds is 5. The summed E-state index contributed by atoms with van der Waals surface area (Å²) in [6.07, 6.45) is 2.78. The highest BCUT2D eigenvalue weighted by Gasteiger charge is 2.19. The molecule has 6 heteroatoms. The van der Waals surface area contributed by atoms with Crippen molar-refractivity contribution in [2.75, 3.05) is 6.54 Å². The van der Waals surface area contributed by atoms with Crippen molar-refractivity contribution in [3.63, 3.8) is 0 Å². The lowest BCUT2D eigenvalue weighted by molar-refractivity contribution is 0.592. The standard InChI is InChI=1S/C11H14ClN3S2/c1-3-4-13-9(10-14-5-8(12)17-10)11-15-7(2)6-16-11/h5-6,9,13H,3-4H2,1-2H3. The maximum atomic E-state index is 5.94. The Labute approximate surface area is 114 Å². The van der Waals surface area contributed by atoms with E-state index < -0.39 is 0 Å². The van der Waals surface area contributed by atoms with Gasteiger partial charge in [-0.15, -0.1) is 22.7 Å². The molecule has 2 heterocycles. The summed E-state index contributed by atoms with van der Waals surface area (Å²) in [4.78, 5) is 8.87. The minimum atomic E-state index is 0.0751. The Bertz CT molecular complexity index is 440. The normalized spacial score (nSPS) is 12.9.